The molecule has 0 spiro atoms. The van der Waals surface area contributed by atoms with Gasteiger partial charge in [-0.1, -0.05) is 40.6 Å². The third-order valence-corrected chi connectivity index (χ3v) is 4.08. The second-order valence-electron chi connectivity index (χ2n) is 4.85. The molecule has 2 nitrogen and oxygen atoms in total. The molecule has 0 saturated carbocycles. The zero-order chi connectivity index (χ0) is 13.0. The van der Waals surface area contributed by atoms with Gasteiger partial charge in [0.25, 0.3) is 0 Å². The van der Waals surface area contributed by atoms with E-state index in [4.69, 9.17) is 0 Å². The minimum Gasteiger partial charge on any atom is -0.387 e. The van der Waals surface area contributed by atoms with Gasteiger partial charge in [0.1, 0.15) is 0 Å². The SMILES string of the molecule is C=CCN1CCCC[C@H]1[C@@H](O)c1cccc(Br)c1. The molecule has 1 aliphatic heterocycles. The number of halogens is 1. The molecule has 98 valence electrons. The molecular formula is C15H20BrNO. The summed E-state index contributed by atoms with van der Waals surface area (Å²) in [6.45, 7) is 5.72. The van der Waals surface area contributed by atoms with Crippen molar-refractivity contribution in [1.29, 1.82) is 0 Å². The zero-order valence-electron chi connectivity index (χ0n) is 10.6. The number of piperidine rings is 1. The Hall–Kier alpha value is -0.640. The summed E-state index contributed by atoms with van der Waals surface area (Å²) in [5, 5.41) is 10.6. The summed E-state index contributed by atoms with van der Waals surface area (Å²) in [5.74, 6) is 0. The highest BCUT2D eigenvalue weighted by atomic mass is 79.9. The van der Waals surface area contributed by atoms with E-state index >= 15 is 0 Å². The summed E-state index contributed by atoms with van der Waals surface area (Å²) in [6, 6.07) is 8.18. The maximum atomic E-state index is 10.6. The molecule has 0 amide bonds. The number of likely N-dealkylation sites (tertiary alicyclic amines) is 1. The molecule has 1 heterocycles. The van der Waals surface area contributed by atoms with Crippen molar-refractivity contribution in [2.75, 3.05) is 13.1 Å². The number of hydrogen-bond donors (Lipinski definition) is 1. The predicted octanol–water partition coefficient (Wildman–Crippen LogP) is 3.52. The minimum absolute atomic E-state index is 0.214. The smallest absolute Gasteiger partial charge is 0.0945 e. The number of nitrogens with zero attached hydrogens (tertiary/aromatic N) is 1. The van der Waals surface area contributed by atoms with Crippen LogP contribution in [0.1, 0.15) is 30.9 Å². The lowest BCUT2D eigenvalue weighted by Crippen LogP contribution is -2.43. The highest BCUT2D eigenvalue weighted by molar-refractivity contribution is 9.10. The van der Waals surface area contributed by atoms with Crippen LogP contribution in [0.25, 0.3) is 0 Å². The molecule has 1 aliphatic rings. The van der Waals surface area contributed by atoms with Crippen molar-refractivity contribution in [2.45, 2.75) is 31.4 Å². The lowest BCUT2D eigenvalue weighted by molar-refractivity contribution is 0.0317. The Kier molecular flexibility index (Phi) is 4.98. The van der Waals surface area contributed by atoms with Gasteiger partial charge in [0.15, 0.2) is 0 Å². The van der Waals surface area contributed by atoms with Crippen LogP contribution < -0.4 is 0 Å². The third kappa shape index (κ3) is 3.22. The van der Waals surface area contributed by atoms with Gasteiger partial charge in [-0.05, 0) is 37.1 Å². The summed E-state index contributed by atoms with van der Waals surface area (Å²) in [6.07, 6.45) is 4.98. The number of rotatable bonds is 4. The van der Waals surface area contributed by atoms with Crippen LogP contribution in [0.2, 0.25) is 0 Å². The van der Waals surface area contributed by atoms with Crippen LogP contribution in [-0.2, 0) is 0 Å². The Morgan fingerprint density at radius 3 is 3.06 bits per heavy atom. The van der Waals surface area contributed by atoms with E-state index < -0.39 is 6.10 Å². The van der Waals surface area contributed by atoms with Gasteiger partial charge in [-0.3, -0.25) is 4.90 Å². The summed E-state index contributed by atoms with van der Waals surface area (Å²) in [4.78, 5) is 2.34. The van der Waals surface area contributed by atoms with Gasteiger partial charge in [0, 0.05) is 17.1 Å². The van der Waals surface area contributed by atoms with E-state index in [0.29, 0.717) is 0 Å². The highest BCUT2D eigenvalue weighted by Gasteiger charge is 2.28. The first kappa shape index (κ1) is 13.8. The quantitative estimate of drug-likeness (QED) is 0.860. The number of benzene rings is 1. The largest absolute Gasteiger partial charge is 0.387 e. The van der Waals surface area contributed by atoms with E-state index in [1.807, 2.05) is 30.3 Å². The van der Waals surface area contributed by atoms with Crippen LogP contribution >= 0.6 is 15.9 Å². The molecule has 0 unspecified atom stereocenters. The van der Waals surface area contributed by atoms with Gasteiger partial charge in [-0.2, -0.15) is 0 Å². The van der Waals surface area contributed by atoms with E-state index in [9.17, 15) is 5.11 Å². The lowest BCUT2D eigenvalue weighted by atomic mass is 9.93. The maximum absolute atomic E-state index is 10.6. The Labute approximate surface area is 117 Å². The van der Waals surface area contributed by atoms with Crippen molar-refractivity contribution in [2.24, 2.45) is 0 Å². The molecule has 1 aromatic carbocycles. The minimum atomic E-state index is -0.414. The Morgan fingerprint density at radius 2 is 2.33 bits per heavy atom. The molecule has 1 saturated heterocycles. The summed E-state index contributed by atoms with van der Waals surface area (Å²) >= 11 is 3.46. The molecule has 1 aromatic rings. The van der Waals surface area contributed by atoms with Crippen molar-refractivity contribution >= 4 is 15.9 Å². The third-order valence-electron chi connectivity index (χ3n) is 3.58. The fraction of sp³-hybridized carbons (Fsp3) is 0.467. The van der Waals surface area contributed by atoms with Gasteiger partial charge in [-0.25, -0.2) is 0 Å². The number of hydrogen-bond acceptors (Lipinski definition) is 2. The molecule has 2 rings (SSSR count). The predicted molar refractivity (Wildman–Crippen MR) is 78.5 cm³/mol. The van der Waals surface area contributed by atoms with Crippen molar-refractivity contribution in [1.82, 2.24) is 4.90 Å². The molecule has 0 aromatic heterocycles. The lowest BCUT2D eigenvalue weighted by Gasteiger charge is -2.38. The van der Waals surface area contributed by atoms with Gasteiger partial charge in [0.05, 0.1) is 6.10 Å². The molecule has 2 atom stereocenters. The summed E-state index contributed by atoms with van der Waals surface area (Å²) in [5.41, 5.74) is 0.991. The fourth-order valence-electron chi connectivity index (χ4n) is 2.68. The van der Waals surface area contributed by atoms with Crippen LogP contribution in [-0.4, -0.2) is 29.1 Å². The first-order chi connectivity index (χ1) is 8.72. The van der Waals surface area contributed by atoms with Crippen molar-refractivity contribution < 1.29 is 5.11 Å². The molecule has 0 bridgehead atoms. The standard InChI is InChI=1S/C15H20BrNO/c1-2-9-17-10-4-3-8-14(17)15(18)12-6-5-7-13(16)11-12/h2,5-7,11,14-15,18H,1,3-4,8-10H2/t14-,15-/m0/s1. The van der Waals surface area contributed by atoms with Crippen molar-refractivity contribution in [3.05, 3.63) is 47.0 Å². The van der Waals surface area contributed by atoms with Crippen LogP contribution in [0.3, 0.4) is 0 Å². The van der Waals surface area contributed by atoms with E-state index in [1.165, 1.54) is 12.8 Å². The average molecular weight is 310 g/mol. The van der Waals surface area contributed by atoms with E-state index in [1.54, 1.807) is 0 Å². The molecule has 1 fully saturated rings. The first-order valence-corrected chi connectivity index (χ1v) is 7.30. The van der Waals surface area contributed by atoms with Gasteiger partial charge in [0.2, 0.25) is 0 Å². The zero-order valence-corrected chi connectivity index (χ0v) is 12.1. The monoisotopic (exact) mass is 309 g/mol. The van der Waals surface area contributed by atoms with Crippen molar-refractivity contribution in [3.63, 3.8) is 0 Å². The van der Waals surface area contributed by atoms with E-state index in [2.05, 4.69) is 27.4 Å². The first-order valence-electron chi connectivity index (χ1n) is 6.51. The van der Waals surface area contributed by atoms with Gasteiger partial charge >= 0.3 is 0 Å². The second-order valence-corrected chi connectivity index (χ2v) is 5.76. The normalized spacial score (nSPS) is 22.7. The van der Waals surface area contributed by atoms with E-state index in [0.717, 1.165) is 29.5 Å². The number of aliphatic hydroxyl groups is 1. The van der Waals surface area contributed by atoms with E-state index in [-0.39, 0.29) is 6.04 Å². The fourth-order valence-corrected chi connectivity index (χ4v) is 3.10. The Bertz CT molecular complexity index is 407. The summed E-state index contributed by atoms with van der Waals surface area (Å²) in [7, 11) is 0. The number of aliphatic hydroxyl groups excluding tert-OH is 1. The van der Waals surface area contributed by atoms with Crippen LogP contribution in [0, 0.1) is 0 Å². The van der Waals surface area contributed by atoms with Gasteiger partial charge < -0.3 is 5.11 Å². The molecule has 0 aliphatic carbocycles. The Balaban J connectivity index is 2.14. The van der Waals surface area contributed by atoms with Crippen LogP contribution in [0.15, 0.2) is 41.4 Å². The summed E-state index contributed by atoms with van der Waals surface area (Å²) < 4.78 is 1.02. The van der Waals surface area contributed by atoms with Crippen LogP contribution in [0.5, 0.6) is 0 Å². The second kappa shape index (κ2) is 6.50. The molecule has 1 N–H and O–H groups in total. The Morgan fingerprint density at radius 1 is 1.50 bits per heavy atom. The van der Waals surface area contributed by atoms with Gasteiger partial charge in [-0.15, -0.1) is 6.58 Å². The highest BCUT2D eigenvalue weighted by Crippen LogP contribution is 2.29. The molecule has 0 radical (unpaired) electrons. The maximum Gasteiger partial charge on any atom is 0.0945 e. The van der Waals surface area contributed by atoms with Crippen LogP contribution in [0.4, 0.5) is 0 Å². The average Bonchev–Trinajstić information content (AvgIpc) is 2.39. The molecular weight excluding hydrogens is 290 g/mol. The molecule has 3 heteroatoms. The van der Waals surface area contributed by atoms with Crippen molar-refractivity contribution in [3.8, 4) is 0 Å². The molecule has 18 heavy (non-hydrogen) atoms. The topological polar surface area (TPSA) is 23.5 Å².